The minimum atomic E-state index is -2.60. The molecule has 0 radical (unpaired) electrons. The van der Waals surface area contributed by atoms with E-state index in [0.717, 1.165) is 27.3 Å². The molecule has 0 unspecified atom stereocenters. The Bertz CT molecular complexity index is 853. The molecule has 0 heterocycles. The molecule has 0 N–H and O–H groups in total. The summed E-state index contributed by atoms with van der Waals surface area (Å²) in [6, 6.07) is 23.0. The van der Waals surface area contributed by atoms with Crippen LogP contribution in [0.4, 0.5) is 0 Å². The number of carbonyl (C=O) groups is 1. The molecule has 0 aliphatic carbocycles. The lowest BCUT2D eigenvalue weighted by Crippen LogP contribution is -2.23. The Morgan fingerprint density at radius 1 is 0.708 bits per heavy atom. The number of rotatable bonds is 4. The van der Waals surface area contributed by atoms with Crippen molar-refractivity contribution >= 4 is 34.0 Å². The lowest BCUT2D eigenvalue weighted by atomic mass is 10.0. The summed E-state index contributed by atoms with van der Waals surface area (Å²) < 4.78 is 0. The van der Waals surface area contributed by atoms with Gasteiger partial charge < -0.3 is 0 Å². The number of carbonyl (C=O) groups excluding carboxylic acids is 1. The van der Waals surface area contributed by atoms with Gasteiger partial charge in [-0.25, -0.2) is 0 Å². The van der Waals surface area contributed by atoms with Crippen LogP contribution in [0.3, 0.4) is 0 Å². The number of aryl methyl sites for hydroxylation is 2. The molecule has 0 saturated heterocycles. The zero-order valence-electron chi connectivity index (χ0n) is 13.8. The molecule has 120 valence electrons. The zero-order valence-corrected chi connectivity index (χ0v) is 15.5. The van der Waals surface area contributed by atoms with Crippen LogP contribution in [-0.4, -0.2) is 5.52 Å². The summed E-state index contributed by atoms with van der Waals surface area (Å²) in [6.45, 7) is 3.96. The Morgan fingerprint density at radius 2 is 1.12 bits per heavy atom. The minimum absolute atomic E-state index is 0.0745. The Morgan fingerprint density at radius 3 is 1.54 bits per heavy atom. The van der Waals surface area contributed by atoms with E-state index in [4.69, 9.17) is 11.8 Å². The maximum absolute atomic E-state index is 13.7. The Labute approximate surface area is 148 Å². The third-order valence-corrected chi connectivity index (χ3v) is 8.83. The quantitative estimate of drug-likeness (QED) is 0.641. The molecular weight excluding hydrogens is 331 g/mol. The average molecular weight is 350 g/mol. The van der Waals surface area contributed by atoms with Gasteiger partial charge in [0.05, 0.1) is 6.04 Å². The van der Waals surface area contributed by atoms with Crippen molar-refractivity contribution < 1.29 is 4.79 Å². The van der Waals surface area contributed by atoms with E-state index in [9.17, 15) is 4.79 Å². The first kappa shape index (κ1) is 16.8. The van der Waals surface area contributed by atoms with E-state index in [0.29, 0.717) is 0 Å². The second kappa shape index (κ2) is 6.84. The van der Waals surface area contributed by atoms with Crippen molar-refractivity contribution in [2.75, 3.05) is 0 Å². The van der Waals surface area contributed by atoms with Crippen LogP contribution in [0.2, 0.25) is 0 Å². The van der Waals surface area contributed by atoms with Crippen LogP contribution < -0.4 is 10.6 Å². The van der Waals surface area contributed by atoms with Crippen molar-refractivity contribution in [3.05, 3.63) is 95.6 Å². The Kier molecular flexibility index (Phi) is 4.80. The van der Waals surface area contributed by atoms with E-state index < -0.39 is 6.04 Å². The first-order valence-electron chi connectivity index (χ1n) is 7.87. The van der Waals surface area contributed by atoms with Gasteiger partial charge in [-0.2, -0.15) is 0 Å². The van der Waals surface area contributed by atoms with Crippen molar-refractivity contribution in [1.29, 1.82) is 0 Å². The van der Waals surface area contributed by atoms with Crippen LogP contribution in [0.1, 0.15) is 21.5 Å². The highest BCUT2D eigenvalue weighted by molar-refractivity contribution is 8.30. The predicted molar refractivity (Wildman–Crippen MR) is 107 cm³/mol. The lowest BCUT2D eigenvalue weighted by Gasteiger charge is -2.23. The van der Waals surface area contributed by atoms with Gasteiger partial charge in [0.1, 0.15) is 0 Å². The van der Waals surface area contributed by atoms with Crippen molar-refractivity contribution in [2.45, 2.75) is 13.8 Å². The van der Waals surface area contributed by atoms with E-state index in [1.165, 1.54) is 0 Å². The fraction of sp³-hybridized carbons (Fsp3) is 0.0952. The number of hydrogen-bond donors (Lipinski definition) is 0. The van der Waals surface area contributed by atoms with Gasteiger partial charge in [0, 0.05) is 5.56 Å². The van der Waals surface area contributed by atoms with Gasteiger partial charge in [0.25, 0.3) is 0 Å². The molecule has 0 saturated carbocycles. The molecule has 0 atom stereocenters. The summed E-state index contributed by atoms with van der Waals surface area (Å²) in [7, 11) is 0. The van der Waals surface area contributed by atoms with Gasteiger partial charge in [0.15, 0.2) is 0 Å². The molecule has 3 rings (SSSR count). The third-order valence-electron chi connectivity index (χ3n) is 4.22. The topological polar surface area (TPSA) is 17.1 Å². The highest BCUT2D eigenvalue weighted by atomic mass is 32.4. The lowest BCUT2D eigenvalue weighted by molar-refractivity contribution is 0.108. The molecular formula is C21H19OPS. The van der Waals surface area contributed by atoms with Gasteiger partial charge in [-0.3, -0.25) is 4.79 Å². The maximum Gasteiger partial charge on any atom is 0.202 e. The molecule has 0 aliphatic rings. The van der Waals surface area contributed by atoms with Crippen molar-refractivity contribution in [3.8, 4) is 0 Å². The summed E-state index contributed by atoms with van der Waals surface area (Å²) in [5.74, 6) is 0. The van der Waals surface area contributed by atoms with Gasteiger partial charge in [-0.15, -0.1) is 0 Å². The molecule has 0 bridgehead atoms. The smallest absolute Gasteiger partial charge is 0.202 e. The average Bonchev–Trinajstić information content (AvgIpc) is 2.62. The van der Waals surface area contributed by atoms with Gasteiger partial charge in [0.2, 0.25) is 5.52 Å². The molecule has 0 spiro atoms. The van der Waals surface area contributed by atoms with Crippen LogP contribution in [0.25, 0.3) is 0 Å². The first-order valence-corrected chi connectivity index (χ1v) is 10.7. The van der Waals surface area contributed by atoms with Crippen LogP contribution in [-0.2, 0) is 11.8 Å². The minimum Gasteiger partial charge on any atom is -0.287 e. The van der Waals surface area contributed by atoms with E-state index in [1.54, 1.807) is 0 Å². The maximum atomic E-state index is 13.7. The Hall–Kier alpha value is -2.02. The third kappa shape index (κ3) is 2.88. The van der Waals surface area contributed by atoms with Crippen molar-refractivity contribution in [2.24, 2.45) is 0 Å². The van der Waals surface area contributed by atoms with Crippen LogP contribution in [0.15, 0.2) is 78.9 Å². The van der Waals surface area contributed by atoms with Gasteiger partial charge >= 0.3 is 0 Å². The highest BCUT2D eigenvalue weighted by Gasteiger charge is 2.33. The van der Waals surface area contributed by atoms with Gasteiger partial charge in [-0.1, -0.05) is 90.7 Å². The van der Waals surface area contributed by atoms with E-state index in [2.05, 4.69) is 0 Å². The van der Waals surface area contributed by atoms with E-state index >= 15 is 0 Å². The van der Waals surface area contributed by atoms with Crippen LogP contribution in [0.5, 0.6) is 0 Å². The molecule has 24 heavy (non-hydrogen) atoms. The molecule has 3 aromatic rings. The SMILES string of the molecule is Cc1cccc(C)c1C(=O)P(=S)(c1ccccc1)c1ccccc1. The van der Waals surface area contributed by atoms with Crippen LogP contribution in [0, 0.1) is 13.8 Å². The van der Waals surface area contributed by atoms with E-state index in [1.807, 2.05) is 92.7 Å². The number of benzene rings is 3. The summed E-state index contributed by atoms with van der Waals surface area (Å²) >= 11 is 6.12. The zero-order chi connectivity index (χ0) is 17.2. The van der Waals surface area contributed by atoms with Crippen LogP contribution >= 0.6 is 6.04 Å². The normalized spacial score (nSPS) is 11.2. The molecule has 0 fully saturated rings. The van der Waals surface area contributed by atoms with Gasteiger partial charge in [-0.05, 0) is 35.6 Å². The van der Waals surface area contributed by atoms with E-state index in [-0.39, 0.29) is 5.52 Å². The molecule has 0 aromatic heterocycles. The predicted octanol–water partition coefficient (Wildman–Crippen LogP) is 4.57. The summed E-state index contributed by atoms with van der Waals surface area (Å²) in [6.07, 6.45) is 0. The first-order chi connectivity index (χ1) is 11.5. The summed E-state index contributed by atoms with van der Waals surface area (Å²) in [5.41, 5.74) is 2.82. The Balaban J connectivity index is 2.28. The molecule has 0 aliphatic heterocycles. The summed E-state index contributed by atoms with van der Waals surface area (Å²) in [5, 5.41) is 1.89. The highest BCUT2D eigenvalue weighted by Crippen LogP contribution is 2.48. The van der Waals surface area contributed by atoms with Crippen molar-refractivity contribution in [1.82, 2.24) is 0 Å². The second-order valence-electron chi connectivity index (χ2n) is 5.85. The largest absolute Gasteiger partial charge is 0.287 e. The molecule has 0 amide bonds. The molecule has 3 heteroatoms. The fourth-order valence-electron chi connectivity index (χ4n) is 2.97. The monoisotopic (exact) mass is 350 g/mol. The molecule has 1 nitrogen and oxygen atoms in total. The second-order valence-corrected chi connectivity index (χ2v) is 10.2. The standard InChI is InChI=1S/C21H19OPS/c1-16-10-9-11-17(2)20(16)21(22)23(24,18-12-5-3-6-13-18)19-14-7-4-8-15-19/h3-15H,1-2H3. The summed E-state index contributed by atoms with van der Waals surface area (Å²) in [4.78, 5) is 13.7. The number of hydrogen-bond acceptors (Lipinski definition) is 2. The fourth-order valence-corrected chi connectivity index (χ4v) is 6.59. The molecule has 3 aromatic carbocycles. The van der Waals surface area contributed by atoms with Crippen molar-refractivity contribution in [3.63, 3.8) is 0 Å².